The van der Waals surface area contributed by atoms with Gasteiger partial charge in [0.25, 0.3) is 5.56 Å². The number of aromatic amines is 1. The first kappa shape index (κ1) is 17.5. The van der Waals surface area contributed by atoms with Gasteiger partial charge in [-0.15, -0.1) is 0 Å². The van der Waals surface area contributed by atoms with Gasteiger partial charge in [-0.05, 0) is 81.6 Å². The number of aromatic nitrogens is 4. The Morgan fingerprint density at radius 3 is 2.21 bits per heavy atom. The lowest BCUT2D eigenvalue weighted by Crippen LogP contribution is -2.05. The average molecular weight is 563 g/mol. The number of fused-ring (bicyclic) bond motifs is 2. The summed E-state index contributed by atoms with van der Waals surface area (Å²) in [5, 5.41) is 2.05. The van der Waals surface area contributed by atoms with Crippen molar-refractivity contribution in [1.82, 2.24) is 19.9 Å². The van der Waals surface area contributed by atoms with Crippen LogP contribution in [0.5, 0.6) is 0 Å². The molecule has 2 heterocycles. The molecule has 0 aliphatic heterocycles. The zero-order valence-corrected chi connectivity index (χ0v) is 17.1. The minimum absolute atomic E-state index is 0.0867. The van der Waals surface area contributed by atoms with Gasteiger partial charge in [0.05, 0.1) is 22.7 Å². The van der Waals surface area contributed by atoms with Crippen molar-refractivity contribution in [1.29, 1.82) is 0 Å². The zero-order chi connectivity index (χ0) is 17.1. The summed E-state index contributed by atoms with van der Waals surface area (Å²) in [5.41, 5.74) is 1.55. The highest BCUT2D eigenvalue weighted by Gasteiger charge is 2.00. The Balaban J connectivity index is 0.000000141. The topological polar surface area (TPSA) is 71.5 Å². The molecule has 0 saturated heterocycles. The molecule has 24 heavy (non-hydrogen) atoms. The maximum Gasteiger partial charge on any atom is 0.258 e. The molecule has 0 fully saturated rings. The van der Waals surface area contributed by atoms with Crippen LogP contribution < -0.4 is 5.56 Å². The number of benzene rings is 2. The molecule has 0 saturated carbocycles. The normalized spacial score (nSPS) is 10.5. The van der Waals surface area contributed by atoms with Gasteiger partial charge < -0.3 is 4.98 Å². The average Bonchev–Trinajstić information content (AvgIpc) is 2.55. The quantitative estimate of drug-likeness (QED) is 0.255. The number of H-pyrrole nitrogens is 1. The van der Waals surface area contributed by atoms with Crippen molar-refractivity contribution in [2.24, 2.45) is 0 Å². The predicted octanol–water partition coefficient (Wildman–Crippen LogP) is 4.42. The summed E-state index contributed by atoms with van der Waals surface area (Å²) in [4.78, 5) is 25.8. The van der Waals surface area contributed by atoms with Crippen molar-refractivity contribution in [2.45, 2.75) is 0 Å². The minimum atomic E-state index is -0.0867. The molecule has 1 N–H and O–H groups in total. The van der Waals surface area contributed by atoms with Gasteiger partial charge in [0.2, 0.25) is 0 Å². The van der Waals surface area contributed by atoms with Crippen LogP contribution in [0.25, 0.3) is 21.8 Å². The Morgan fingerprint density at radius 1 is 0.875 bits per heavy atom. The van der Waals surface area contributed by atoms with Crippen molar-refractivity contribution in [3.05, 3.63) is 71.7 Å². The fourth-order valence-corrected chi connectivity index (χ4v) is 3.19. The van der Waals surface area contributed by atoms with Gasteiger partial charge in [-0.2, -0.15) is 0 Å². The number of nitrogens with one attached hydrogen (secondary N) is 1. The molecular formula is C16H9ClI2N4O. The molecule has 0 unspecified atom stereocenters. The maximum atomic E-state index is 11.2. The van der Waals surface area contributed by atoms with E-state index in [2.05, 4.69) is 65.1 Å². The van der Waals surface area contributed by atoms with Gasteiger partial charge in [-0.25, -0.2) is 15.0 Å². The molecule has 2 aromatic heterocycles. The highest BCUT2D eigenvalue weighted by Crippen LogP contribution is 2.20. The lowest BCUT2D eigenvalue weighted by molar-refractivity contribution is 1.17. The molecule has 0 amide bonds. The predicted molar refractivity (Wildman–Crippen MR) is 112 cm³/mol. The van der Waals surface area contributed by atoms with Crippen LogP contribution in [0.2, 0.25) is 5.15 Å². The third kappa shape index (κ3) is 4.01. The molecule has 0 aliphatic rings. The Labute approximate surface area is 169 Å². The van der Waals surface area contributed by atoms with Gasteiger partial charge >= 0.3 is 0 Å². The van der Waals surface area contributed by atoms with Crippen molar-refractivity contribution in [3.63, 3.8) is 0 Å². The van der Waals surface area contributed by atoms with Crippen LogP contribution >= 0.6 is 56.8 Å². The number of hydrogen-bond donors (Lipinski definition) is 1. The number of nitrogens with zero attached hydrogens (tertiary/aromatic N) is 3. The van der Waals surface area contributed by atoms with Gasteiger partial charge in [-0.1, -0.05) is 11.6 Å². The summed E-state index contributed by atoms with van der Waals surface area (Å²) in [6.45, 7) is 0. The monoisotopic (exact) mass is 562 g/mol. The van der Waals surface area contributed by atoms with E-state index in [4.69, 9.17) is 11.6 Å². The maximum absolute atomic E-state index is 11.2. The van der Waals surface area contributed by atoms with Gasteiger partial charge in [0.15, 0.2) is 0 Å². The van der Waals surface area contributed by atoms with E-state index in [-0.39, 0.29) is 5.56 Å². The Morgan fingerprint density at radius 2 is 1.50 bits per heavy atom. The van der Waals surface area contributed by atoms with Crippen LogP contribution in [0.15, 0.2) is 53.8 Å². The van der Waals surface area contributed by atoms with Crippen molar-refractivity contribution < 1.29 is 0 Å². The van der Waals surface area contributed by atoms with Gasteiger partial charge in [0, 0.05) is 12.5 Å². The summed E-state index contributed by atoms with van der Waals surface area (Å²) in [5.74, 6) is 0. The molecule has 0 spiro atoms. The third-order valence-corrected chi connectivity index (χ3v) is 4.80. The second kappa shape index (κ2) is 7.70. The Kier molecular flexibility index (Phi) is 5.61. The summed E-state index contributed by atoms with van der Waals surface area (Å²) in [7, 11) is 0. The van der Waals surface area contributed by atoms with Crippen LogP contribution in [0, 0.1) is 7.14 Å². The number of hydrogen-bond acceptors (Lipinski definition) is 4. The fraction of sp³-hybridized carbons (Fsp3) is 0. The molecule has 0 atom stereocenters. The summed E-state index contributed by atoms with van der Waals surface area (Å²) in [6.07, 6.45) is 2.89. The molecule has 4 rings (SSSR count). The second-order valence-corrected chi connectivity index (χ2v) is 7.57. The van der Waals surface area contributed by atoms with Crippen LogP contribution in [-0.2, 0) is 0 Å². The molecule has 120 valence electrons. The number of rotatable bonds is 0. The Hall–Kier alpha value is -1.33. The van der Waals surface area contributed by atoms with Crippen LogP contribution in [0.1, 0.15) is 0 Å². The molecule has 4 aromatic rings. The van der Waals surface area contributed by atoms with E-state index in [1.807, 2.05) is 30.3 Å². The summed E-state index contributed by atoms with van der Waals surface area (Å²) < 4.78 is 2.23. The molecule has 0 bridgehead atoms. The fourth-order valence-electron chi connectivity index (χ4n) is 2.04. The minimum Gasteiger partial charge on any atom is -0.313 e. The molecule has 0 aliphatic carbocycles. The van der Waals surface area contributed by atoms with E-state index in [1.54, 1.807) is 6.07 Å². The van der Waals surface area contributed by atoms with E-state index < -0.39 is 0 Å². The van der Waals surface area contributed by atoms with E-state index in [0.29, 0.717) is 10.5 Å². The van der Waals surface area contributed by atoms with E-state index >= 15 is 0 Å². The lowest BCUT2D eigenvalue weighted by Gasteiger charge is -1.97. The van der Waals surface area contributed by atoms with Gasteiger partial charge in [-0.3, -0.25) is 4.79 Å². The first-order valence-electron chi connectivity index (χ1n) is 6.73. The van der Waals surface area contributed by atoms with Gasteiger partial charge in [0.1, 0.15) is 11.5 Å². The molecule has 0 radical (unpaired) electrons. The molecule has 5 nitrogen and oxygen atoms in total. The Bertz CT molecular complexity index is 1080. The number of halogens is 3. The highest BCUT2D eigenvalue weighted by atomic mass is 127. The van der Waals surface area contributed by atoms with Crippen molar-refractivity contribution >= 4 is 78.6 Å². The van der Waals surface area contributed by atoms with Crippen LogP contribution in [0.3, 0.4) is 0 Å². The smallest absolute Gasteiger partial charge is 0.258 e. The van der Waals surface area contributed by atoms with E-state index in [1.165, 1.54) is 12.7 Å². The van der Waals surface area contributed by atoms with Crippen LogP contribution in [0.4, 0.5) is 0 Å². The van der Waals surface area contributed by atoms with Crippen LogP contribution in [-0.4, -0.2) is 19.9 Å². The molecule has 2 aromatic carbocycles. The summed E-state index contributed by atoms with van der Waals surface area (Å²) >= 11 is 10.3. The molecule has 8 heteroatoms. The standard InChI is InChI=1S/C8H4ClIN2.C8H5IN2O/c9-8-6-2-1-5(10)3-7(6)11-4-12-8;9-5-1-2-6-7(3-5)10-4-11-8(6)12/h1-4H;1-4H,(H,10,11,12). The highest BCUT2D eigenvalue weighted by molar-refractivity contribution is 14.1. The van der Waals surface area contributed by atoms with E-state index in [0.717, 1.165) is 23.6 Å². The zero-order valence-electron chi connectivity index (χ0n) is 12.0. The van der Waals surface area contributed by atoms with E-state index in [9.17, 15) is 4.79 Å². The summed E-state index contributed by atoms with van der Waals surface area (Å²) in [6, 6.07) is 11.4. The largest absolute Gasteiger partial charge is 0.313 e. The first-order chi connectivity index (χ1) is 11.5. The first-order valence-corrected chi connectivity index (χ1v) is 9.27. The second-order valence-electron chi connectivity index (χ2n) is 4.72. The third-order valence-electron chi connectivity index (χ3n) is 3.15. The van der Waals surface area contributed by atoms with Crippen molar-refractivity contribution in [2.75, 3.05) is 0 Å². The molecular weight excluding hydrogens is 553 g/mol. The van der Waals surface area contributed by atoms with Crippen molar-refractivity contribution in [3.8, 4) is 0 Å². The lowest BCUT2D eigenvalue weighted by atomic mass is 10.2. The SMILES string of the molecule is Clc1ncnc2cc(I)ccc12.O=c1[nH]cnc2cc(I)ccc12.